The minimum absolute atomic E-state index is 0.210. The first-order chi connectivity index (χ1) is 9.16. The number of fused-ring (bicyclic) bond motifs is 1. The summed E-state index contributed by atoms with van der Waals surface area (Å²) in [5, 5.41) is 3.54. The lowest BCUT2D eigenvalue weighted by Gasteiger charge is -2.08. The fourth-order valence-electron chi connectivity index (χ4n) is 1.53. The third kappa shape index (κ3) is 2.30. The van der Waals surface area contributed by atoms with Crippen LogP contribution in [0.1, 0.15) is 0 Å². The largest absolute Gasteiger partial charge is 0.336 e. The number of H-pyrrole nitrogens is 1. The van der Waals surface area contributed by atoms with Gasteiger partial charge in [-0.3, -0.25) is 4.79 Å². The zero-order chi connectivity index (χ0) is 13.4. The highest BCUT2D eigenvalue weighted by molar-refractivity contribution is 14.1. The molecule has 0 aliphatic carbocycles. The van der Waals surface area contributed by atoms with Crippen molar-refractivity contribution in [2.75, 3.05) is 5.32 Å². The maximum Gasteiger partial charge on any atom is 0.266 e. The van der Waals surface area contributed by atoms with E-state index in [1.54, 1.807) is 12.1 Å². The normalized spacial score (nSPS) is 10.8. The Morgan fingerprint density at radius 2 is 2.21 bits per heavy atom. The topological polar surface area (TPSA) is 83.6 Å². The number of halogens is 2. The molecule has 0 bridgehead atoms. The number of aromatic nitrogens is 4. The predicted octanol–water partition coefficient (Wildman–Crippen LogP) is 2.78. The lowest BCUT2D eigenvalue weighted by atomic mass is 10.2. The molecule has 0 saturated carbocycles. The van der Waals surface area contributed by atoms with Crippen LogP contribution in [0.3, 0.4) is 0 Å². The zero-order valence-electron chi connectivity index (χ0n) is 9.15. The van der Waals surface area contributed by atoms with Crippen molar-refractivity contribution in [1.29, 1.82) is 0 Å². The highest BCUT2D eigenvalue weighted by Crippen LogP contribution is 2.32. The van der Waals surface area contributed by atoms with Gasteiger partial charge in [0.25, 0.3) is 5.56 Å². The maximum atomic E-state index is 11.5. The van der Waals surface area contributed by atoms with Crippen LogP contribution < -0.4 is 10.9 Å². The maximum absolute atomic E-state index is 11.5. The van der Waals surface area contributed by atoms with Crippen LogP contribution in [-0.4, -0.2) is 18.7 Å². The Kier molecular flexibility index (Phi) is 3.37. The smallest absolute Gasteiger partial charge is 0.266 e. The van der Waals surface area contributed by atoms with E-state index in [1.165, 1.54) is 6.33 Å². The van der Waals surface area contributed by atoms with Crippen molar-refractivity contribution in [3.8, 4) is 0 Å². The number of hydrogen-bond acceptors (Lipinski definition) is 6. The summed E-state index contributed by atoms with van der Waals surface area (Å²) in [4.78, 5) is 18.1. The van der Waals surface area contributed by atoms with Gasteiger partial charge in [-0.15, -0.1) is 0 Å². The van der Waals surface area contributed by atoms with E-state index in [4.69, 9.17) is 11.6 Å². The molecule has 1 aromatic carbocycles. The standard InChI is InChI=1S/C10H5ClIN5OS/c11-4-1-2-5-8(17-19-16-5)7(4)15-9-6(12)10(18)14-3-13-9/h1-3H,(H2,13,14,15,18). The van der Waals surface area contributed by atoms with Crippen molar-refractivity contribution >= 4 is 68.5 Å². The van der Waals surface area contributed by atoms with Crippen molar-refractivity contribution in [2.45, 2.75) is 0 Å². The number of hydrogen-bond donors (Lipinski definition) is 2. The molecule has 96 valence electrons. The Bertz CT molecular complexity index is 817. The first-order valence-electron chi connectivity index (χ1n) is 5.08. The van der Waals surface area contributed by atoms with Gasteiger partial charge in [0.15, 0.2) is 5.82 Å². The average Bonchev–Trinajstić information content (AvgIpc) is 2.86. The molecule has 0 spiro atoms. The van der Waals surface area contributed by atoms with Gasteiger partial charge in [0, 0.05) is 0 Å². The van der Waals surface area contributed by atoms with Crippen molar-refractivity contribution in [1.82, 2.24) is 18.7 Å². The van der Waals surface area contributed by atoms with Crippen molar-refractivity contribution < 1.29 is 0 Å². The van der Waals surface area contributed by atoms with Gasteiger partial charge in [0.2, 0.25) is 0 Å². The molecule has 0 unspecified atom stereocenters. The number of rotatable bonds is 2. The minimum Gasteiger partial charge on any atom is -0.336 e. The molecule has 3 rings (SSSR count). The minimum atomic E-state index is -0.210. The first kappa shape index (κ1) is 12.8. The number of aromatic amines is 1. The van der Waals surface area contributed by atoms with Gasteiger partial charge in [0.1, 0.15) is 14.6 Å². The van der Waals surface area contributed by atoms with Gasteiger partial charge in [-0.25, -0.2) is 4.98 Å². The Balaban J connectivity index is 2.15. The molecule has 19 heavy (non-hydrogen) atoms. The van der Waals surface area contributed by atoms with Crippen LogP contribution in [0.2, 0.25) is 5.02 Å². The molecule has 2 heterocycles. The van der Waals surface area contributed by atoms with Crippen LogP contribution in [0.15, 0.2) is 23.3 Å². The molecule has 6 nitrogen and oxygen atoms in total. The molecular formula is C10H5ClIN5OS. The second-order valence-electron chi connectivity index (χ2n) is 3.57. The molecule has 0 aliphatic heterocycles. The van der Waals surface area contributed by atoms with Gasteiger partial charge in [0.05, 0.1) is 28.8 Å². The lowest BCUT2D eigenvalue weighted by molar-refractivity contribution is 1.10. The second kappa shape index (κ2) is 5.02. The van der Waals surface area contributed by atoms with E-state index >= 15 is 0 Å². The van der Waals surface area contributed by atoms with Gasteiger partial charge in [-0.1, -0.05) is 11.6 Å². The molecule has 0 fully saturated rings. The summed E-state index contributed by atoms with van der Waals surface area (Å²) >= 11 is 9.19. The van der Waals surface area contributed by atoms with Crippen molar-refractivity contribution in [2.24, 2.45) is 0 Å². The van der Waals surface area contributed by atoms with E-state index in [2.05, 4.69) is 24.0 Å². The van der Waals surface area contributed by atoms with Gasteiger partial charge in [-0.2, -0.15) is 8.75 Å². The van der Waals surface area contributed by atoms with Crippen molar-refractivity contribution in [3.63, 3.8) is 0 Å². The summed E-state index contributed by atoms with van der Waals surface area (Å²) in [5.41, 5.74) is 1.80. The summed E-state index contributed by atoms with van der Waals surface area (Å²) in [5.74, 6) is 0.437. The number of nitrogens with one attached hydrogen (secondary N) is 2. The summed E-state index contributed by atoms with van der Waals surface area (Å²) in [6.45, 7) is 0. The van der Waals surface area contributed by atoms with Crippen molar-refractivity contribution in [3.05, 3.63) is 37.4 Å². The third-order valence-electron chi connectivity index (χ3n) is 2.42. The second-order valence-corrected chi connectivity index (χ2v) is 5.59. The molecule has 0 saturated heterocycles. The van der Waals surface area contributed by atoms with Crippen LogP contribution in [0.25, 0.3) is 11.0 Å². The van der Waals surface area contributed by atoms with Gasteiger partial charge >= 0.3 is 0 Å². The Hall–Kier alpha value is -1.26. The molecule has 9 heteroatoms. The highest BCUT2D eigenvalue weighted by Gasteiger charge is 2.13. The number of benzene rings is 1. The molecule has 2 aromatic heterocycles. The number of nitrogens with zero attached hydrogens (tertiary/aromatic N) is 3. The predicted molar refractivity (Wildman–Crippen MR) is 83.3 cm³/mol. The first-order valence-corrected chi connectivity index (χ1v) is 7.26. The highest BCUT2D eigenvalue weighted by atomic mass is 127. The quantitative estimate of drug-likeness (QED) is 0.641. The number of anilines is 2. The molecule has 0 atom stereocenters. The average molecular weight is 406 g/mol. The molecular weight excluding hydrogens is 401 g/mol. The Labute approximate surface area is 129 Å². The molecule has 0 aliphatic rings. The van der Waals surface area contributed by atoms with E-state index in [-0.39, 0.29) is 5.56 Å². The van der Waals surface area contributed by atoms with Crippen LogP contribution >= 0.6 is 45.9 Å². The van der Waals surface area contributed by atoms with Crippen LogP contribution in [0.5, 0.6) is 0 Å². The van der Waals surface area contributed by atoms with E-state index < -0.39 is 0 Å². The summed E-state index contributed by atoms with van der Waals surface area (Å²) in [7, 11) is 0. The van der Waals surface area contributed by atoms with Crippen LogP contribution in [0, 0.1) is 3.57 Å². The fraction of sp³-hybridized carbons (Fsp3) is 0. The summed E-state index contributed by atoms with van der Waals surface area (Å²) in [6, 6.07) is 3.52. The van der Waals surface area contributed by atoms with E-state index in [9.17, 15) is 4.79 Å². The third-order valence-corrected chi connectivity index (χ3v) is 4.28. The summed E-state index contributed by atoms with van der Waals surface area (Å²) in [6.07, 6.45) is 1.33. The van der Waals surface area contributed by atoms with E-state index in [0.29, 0.717) is 25.6 Å². The van der Waals surface area contributed by atoms with E-state index in [0.717, 1.165) is 17.2 Å². The van der Waals surface area contributed by atoms with Crippen LogP contribution in [-0.2, 0) is 0 Å². The molecule has 0 radical (unpaired) electrons. The van der Waals surface area contributed by atoms with Crippen LogP contribution in [0.4, 0.5) is 11.5 Å². The van der Waals surface area contributed by atoms with Gasteiger partial charge in [-0.05, 0) is 34.7 Å². The summed E-state index contributed by atoms with van der Waals surface area (Å²) < 4.78 is 8.79. The lowest BCUT2D eigenvalue weighted by Crippen LogP contribution is -2.13. The molecule has 2 N–H and O–H groups in total. The Morgan fingerprint density at radius 1 is 1.37 bits per heavy atom. The molecule has 3 aromatic rings. The van der Waals surface area contributed by atoms with E-state index in [1.807, 2.05) is 22.6 Å². The Morgan fingerprint density at radius 3 is 3.05 bits per heavy atom. The molecule has 0 amide bonds. The monoisotopic (exact) mass is 405 g/mol. The van der Waals surface area contributed by atoms with Gasteiger partial charge < -0.3 is 10.3 Å². The fourth-order valence-corrected chi connectivity index (χ4v) is 2.71. The SMILES string of the molecule is O=c1[nH]cnc(Nc2c(Cl)ccc3nsnc23)c1I. The zero-order valence-corrected chi connectivity index (χ0v) is 12.9.